The Balaban J connectivity index is 3.99. The monoisotopic (exact) mass is 219 g/mol. The number of hydrogen-bond donors (Lipinski definition) is 1. The van der Waals surface area contributed by atoms with Crippen LogP contribution in [0.25, 0.3) is 0 Å². The highest BCUT2D eigenvalue weighted by Gasteiger charge is 2.24. The normalized spacial score (nSPS) is 13.9. The second-order valence-electron chi connectivity index (χ2n) is 3.19. The third kappa shape index (κ3) is 5.33. The first kappa shape index (κ1) is 13.0. The topological polar surface area (TPSA) is 35.5 Å². The molecule has 0 rings (SSSR count). The third-order valence-corrected chi connectivity index (χ3v) is 2.16. The second kappa shape index (κ2) is 5.67. The standard InChI is InChI=1S/C8H15O3SSi/c1-4-8(2,3)11-7(12)6(9)10-5-13/h7,12H,4-5H2,1-3H3. The molecule has 0 aromatic heterocycles. The van der Waals surface area contributed by atoms with E-state index in [0.29, 0.717) is 0 Å². The van der Waals surface area contributed by atoms with Gasteiger partial charge in [-0.25, -0.2) is 4.79 Å². The maximum Gasteiger partial charge on any atom is 0.345 e. The highest BCUT2D eigenvalue weighted by atomic mass is 32.1. The van der Waals surface area contributed by atoms with Gasteiger partial charge in [0, 0.05) is 0 Å². The van der Waals surface area contributed by atoms with E-state index in [1.165, 1.54) is 0 Å². The van der Waals surface area contributed by atoms with Crippen LogP contribution in [0, 0.1) is 0 Å². The van der Waals surface area contributed by atoms with Crippen molar-refractivity contribution in [3.05, 3.63) is 0 Å². The van der Waals surface area contributed by atoms with Crippen LogP contribution in [0.15, 0.2) is 0 Å². The number of ether oxygens (including phenoxy) is 2. The average molecular weight is 219 g/mol. The van der Waals surface area contributed by atoms with Crippen molar-refractivity contribution in [1.82, 2.24) is 0 Å². The van der Waals surface area contributed by atoms with E-state index in [-0.39, 0.29) is 11.8 Å². The van der Waals surface area contributed by atoms with Crippen LogP contribution in [0.2, 0.25) is 0 Å². The highest BCUT2D eigenvalue weighted by molar-refractivity contribution is 7.81. The molecule has 0 amide bonds. The Labute approximate surface area is 88.0 Å². The Morgan fingerprint density at radius 3 is 2.54 bits per heavy atom. The fourth-order valence-electron chi connectivity index (χ4n) is 0.576. The summed E-state index contributed by atoms with van der Waals surface area (Å²) in [6.45, 7) is 5.78. The molecule has 0 fully saturated rings. The molecule has 0 spiro atoms. The first-order valence-corrected chi connectivity index (χ1v) is 5.32. The Hall–Kier alpha value is -0.00312. The van der Waals surface area contributed by atoms with Gasteiger partial charge in [0.25, 0.3) is 0 Å². The summed E-state index contributed by atoms with van der Waals surface area (Å²) in [7, 11) is 3.03. The molecule has 0 heterocycles. The van der Waals surface area contributed by atoms with Crippen molar-refractivity contribution < 1.29 is 14.3 Å². The Bertz CT molecular complexity index is 173. The van der Waals surface area contributed by atoms with Crippen molar-refractivity contribution in [3.8, 4) is 0 Å². The summed E-state index contributed by atoms with van der Waals surface area (Å²) in [5, 5.41) is 0. The molecular formula is C8H15O3SSi. The van der Waals surface area contributed by atoms with Gasteiger partial charge >= 0.3 is 5.97 Å². The summed E-state index contributed by atoms with van der Waals surface area (Å²) >= 11 is 3.99. The largest absolute Gasteiger partial charge is 0.468 e. The van der Waals surface area contributed by atoms with Gasteiger partial charge in [0.2, 0.25) is 0 Å². The van der Waals surface area contributed by atoms with Crippen LogP contribution in [0.5, 0.6) is 0 Å². The maximum atomic E-state index is 11.1. The molecular weight excluding hydrogens is 204 g/mol. The lowest BCUT2D eigenvalue weighted by molar-refractivity contribution is -0.156. The first-order valence-electron chi connectivity index (χ1n) is 4.10. The number of rotatable bonds is 5. The lowest BCUT2D eigenvalue weighted by atomic mass is 10.1. The number of esters is 1. The van der Waals surface area contributed by atoms with E-state index in [1.807, 2.05) is 20.8 Å². The van der Waals surface area contributed by atoms with E-state index in [2.05, 4.69) is 27.6 Å². The molecule has 1 atom stereocenters. The van der Waals surface area contributed by atoms with Crippen LogP contribution >= 0.6 is 12.6 Å². The molecule has 0 saturated carbocycles. The van der Waals surface area contributed by atoms with Crippen molar-refractivity contribution in [1.29, 1.82) is 0 Å². The molecule has 0 bridgehead atoms. The van der Waals surface area contributed by atoms with Crippen molar-refractivity contribution in [3.63, 3.8) is 0 Å². The van der Waals surface area contributed by atoms with Gasteiger partial charge in [0.05, 0.1) is 22.1 Å². The van der Waals surface area contributed by atoms with Crippen molar-refractivity contribution in [2.75, 3.05) is 6.23 Å². The zero-order chi connectivity index (χ0) is 10.5. The van der Waals surface area contributed by atoms with Crippen LogP contribution in [0.4, 0.5) is 0 Å². The SMILES string of the molecule is CCC(C)(C)OC(S)C(=O)OC[Si]. The van der Waals surface area contributed by atoms with Gasteiger partial charge in [-0.1, -0.05) is 6.92 Å². The van der Waals surface area contributed by atoms with Crippen LogP contribution in [-0.2, 0) is 14.3 Å². The van der Waals surface area contributed by atoms with Gasteiger partial charge < -0.3 is 9.47 Å². The quantitative estimate of drug-likeness (QED) is 0.326. The van der Waals surface area contributed by atoms with Gasteiger partial charge in [-0.05, 0) is 20.3 Å². The van der Waals surface area contributed by atoms with Crippen LogP contribution in [0.1, 0.15) is 27.2 Å². The average Bonchev–Trinajstić information content (AvgIpc) is 2.04. The number of carbonyl (C=O) groups is 1. The molecule has 0 aliphatic rings. The van der Waals surface area contributed by atoms with Crippen molar-refractivity contribution in [2.24, 2.45) is 0 Å². The molecule has 0 aliphatic heterocycles. The summed E-state index contributed by atoms with van der Waals surface area (Å²) in [6.07, 6.45) is 0.969. The van der Waals surface area contributed by atoms with E-state index in [4.69, 9.17) is 4.74 Å². The molecule has 5 heteroatoms. The highest BCUT2D eigenvalue weighted by Crippen LogP contribution is 2.18. The van der Waals surface area contributed by atoms with E-state index in [0.717, 1.165) is 6.42 Å². The predicted octanol–water partition coefficient (Wildman–Crippen LogP) is 1.12. The van der Waals surface area contributed by atoms with Gasteiger partial charge in [-0.2, -0.15) is 0 Å². The molecule has 3 nitrogen and oxygen atoms in total. The predicted molar refractivity (Wildman–Crippen MR) is 54.9 cm³/mol. The minimum absolute atomic E-state index is 0.159. The molecule has 75 valence electrons. The zero-order valence-electron chi connectivity index (χ0n) is 8.16. The van der Waals surface area contributed by atoms with E-state index < -0.39 is 11.4 Å². The lowest BCUT2D eigenvalue weighted by Gasteiger charge is -2.26. The van der Waals surface area contributed by atoms with Crippen molar-refractivity contribution in [2.45, 2.75) is 38.2 Å². The Morgan fingerprint density at radius 1 is 1.62 bits per heavy atom. The smallest absolute Gasteiger partial charge is 0.345 e. The van der Waals surface area contributed by atoms with Crippen LogP contribution in [-0.4, -0.2) is 33.5 Å². The number of hydrogen-bond acceptors (Lipinski definition) is 4. The Kier molecular flexibility index (Phi) is 5.67. The molecule has 0 aromatic rings. The summed E-state index contributed by atoms with van der Waals surface area (Å²) < 4.78 is 10.0. The second-order valence-corrected chi connectivity index (χ2v) is 3.95. The molecule has 0 N–H and O–H groups in total. The summed E-state index contributed by atoms with van der Waals surface area (Å²) in [4.78, 5) is 11.1. The fourth-order valence-corrected chi connectivity index (χ4v) is 1.08. The van der Waals surface area contributed by atoms with Crippen LogP contribution < -0.4 is 0 Å². The third-order valence-electron chi connectivity index (χ3n) is 1.70. The molecule has 0 aliphatic carbocycles. The summed E-state index contributed by atoms with van der Waals surface area (Å²) in [6, 6.07) is 0. The minimum atomic E-state index is -0.814. The molecule has 0 saturated heterocycles. The van der Waals surface area contributed by atoms with Crippen molar-refractivity contribution >= 4 is 28.8 Å². The van der Waals surface area contributed by atoms with Gasteiger partial charge in [-0.15, -0.1) is 12.6 Å². The summed E-state index contributed by atoms with van der Waals surface area (Å²) in [5.41, 5.74) is -1.16. The van der Waals surface area contributed by atoms with E-state index in [1.54, 1.807) is 0 Å². The molecule has 13 heavy (non-hydrogen) atoms. The Morgan fingerprint density at radius 2 is 2.15 bits per heavy atom. The minimum Gasteiger partial charge on any atom is -0.468 e. The van der Waals surface area contributed by atoms with Gasteiger partial charge in [0.15, 0.2) is 5.44 Å². The van der Waals surface area contributed by atoms with Gasteiger partial charge in [0.1, 0.15) is 0 Å². The van der Waals surface area contributed by atoms with Crippen LogP contribution in [0.3, 0.4) is 0 Å². The molecule has 3 radical (unpaired) electrons. The van der Waals surface area contributed by atoms with Gasteiger partial charge in [-0.3, -0.25) is 0 Å². The zero-order valence-corrected chi connectivity index (χ0v) is 10.1. The number of thiol groups is 1. The first-order chi connectivity index (χ1) is 5.93. The maximum absolute atomic E-state index is 11.1. The lowest BCUT2D eigenvalue weighted by Crippen LogP contribution is -2.32. The summed E-state index contributed by atoms with van der Waals surface area (Å²) in [5.74, 6) is -0.472. The van der Waals surface area contributed by atoms with E-state index in [9.17, 15) is 4.79 Å². The molecule has 1 unspecified atom stereocenters. The fraction of sp³-hybridized carbons (Fsp3) is 0.875. The number of carbonyl (C=O) groups excluding carboxylic acids is 1. The molecule has 0 aromatic carbocycles. The van der Waals surface area contributed by atoms with E-state index >= 15 is 0 Å².